The number of anilines is 1. The fraction of sp³-hybridized carbons (Fsp3) is 0.444. The van der Waals surface area contributed by atoms with Crippen LogP contribution in [-0.2, 0) is 13.1 Å². The van der Waals surface area contributed by atoms with Crippen molar-refractivity contribution in [2.24, 2.45) is 0 Å². The van der Waals surface area contributed by atoms with Crippen molar-refractivity contribution in [2.45, 2.75) is 38.8 Å². The van der Waals surface area contributed by atoms with Crippen molar-refractivity contribution in [3.05, 3.63) is 53.5 Å². The Kier molecular flexibility index (Phi) is 4.68. The van der Waals surface area contributed by atoms with Gasteiger partial charge in [0.15, 0.2) is 0 Å². The van der Waals surface area contributed by atoms with Gasteiger partial charge < -0.3 is 10.2 Å². The highest BCUT2D eigenvalue weighted by atomic mass is 15.1. The van der Waals surface area contributed by atoms with Crippen molar-refractivity contribution in [1.82, 2.24) is 14.9 Å². The molecule has 22 heavy (non-hydrogen) atoms. The van der Waals surface area contributed by atoms with Gasteiger partial charge in [0, 0.05) is 25.2 Å². The molecule has 3 rings (SSSR count). The number of hydrogen-bond acceptors (Lipinski definition) is 4. The molecule has 0 atom stereocenters. The molecule has 0 bridgehead atoms. The first-order valence-corrected chi connectivity index (χ1v) is 8.08. The summed E-state index contributed by atoms with van der Waals surface area (Å²) in [5, 5.41) is 3.41. The number of hydrogen-bond donors (Lipinski definition) is 1. The van der Waals surface area contributed by atoms with Gasteiger partial charge >= 0.3 is 0 Å². The Bertz CT molecular complexity index is 622. The van der Waals surface area contributed by atoms with E-state index in [0.29, 0.717) is 5.92 Å². The van der Waals surface area contributed by atoms with Crippen molar-refractivity contribution in [2.75, 3.05) is 18.9 Å². The van der Waals surface area contributed by atoms with Crippen LogP contribution in [0.1, 0.15) is 42.6 Å². The summed E-state index contributed by atoms with van der Waals surface area (Å²) in [5.74, 6) is 2.51. The van der Waals surface area contributed by atoms with Gasteiger partial charge in [0.25, 0.3) is 0 Å². The molecule has 1 aliphatic rings. The first-order valence-electron chi connectivity index (χ1n) is 8.08. The summed E-state index contributed by atoms with van der Waals surface area (Å²) in [6.45, 7) is 5.03. The van der Waals surface area contributed by atoms with Gasteiger partial charge in [0.2, 0.25) is 0 Å². The van der Waals surface area contributed by atoms with Crippen LogP contribution < -0.4 is 5.32 Å². The molecule has 0 radical (unpaired) electrons. The molecule has 1 aliphatic carbocycles. The van der Waals surface area contributed by atoms with Gasteiger partial charge in [-0.15, -0.1) is 0 Å². The van der Waals surface area contributed by atoms with Gasteiger partial charge in [-0.25, -0.2) is 9.97 Å². The summed E-state index contributed by atoms with van der Waals surface area (Å²) in [4.78, 5) is 11.3. The normalized spacial score (nSPS) is 14.3. The van der Waals surface area contributed by atoms with Crippen LogP contribution >= 0.6 is 0 Å². The Morgan fingerprint density at radius 1 is 1.23 bits per heavy atom. The molecule has 2 aromatic rings. The first-order chi connectivity index (χ1) is 10.7. The molecule has 1 aromatic heterocycles. The molecule has 1 aromatic carbocycles. The lowest BCUT2D eigenvalue weighted by Gasteiger charge is -2.14. The molecule has 1 saturated carbocycles. The first kappa shape index (κ1) is 15.0. The topological polar surface area (TPSA) is 41.0 Å². The maximum atomic E-state index is 4.60. The zero-order chi connectivity index (χ0) is 15.4. The van der Waals surface area contributed by atoms with E-state index in [9.17, 15) is 0 Å². The highest BCUT2D eigenvalue weighted by molar-refractivity contribution is 5.36. The molecule has 116 valence electrons. The minimum absolute atomic E-state index is 0.592. The molecule has 0 unspecified atom stereocenters. The summed E-state index contributed by atoms with van der Waals surface area (Å²) >= 11 is 0. The SMILES string of the molecule is CCN(C)Cc1cccc(CNc2ccnc(C3CC3)n2)c1. The van der Waals surface area contributed by atoms with E-state index in [1.807, 2.05) is 12.3 Å². The summed E-state index contributed by atoms with van der Waals surface area (Å²) in [6, 6.07) is 10.7. The summed E-state index contributed by atoms with van der Waals surface area (Å²) in [5.41, 5.74) is 2.64. The van der Waals surface area contributed by atoms with E-state index in [1.54, 1.807) is 0 Å². The van der Waals surface area contributed by atoms with Gasteiger partial charge in [-0.05, 0) is 43.6 Å². The number of aromatic nitrogens is 2. The minimum atomic E-state index is 0.592. The zero-order valence-electron chi connectivity index (χ0n) is 13.4. The Hall–Kier alpha value is -1.94. The predicted octanol–water partition coefficient (Wildman–Crippen LogP) is 3.42. The average molecular weight is 296 g/mol. The molecule has 0 amide bonds. The summed E-state index contributed by atoms with van der Waals surface area (Å²) < 4.78 is 0. The second-order valence-electron chi connectivity index (χ2n) is 6.08. The summed E-state index contributed by atoms with van der Waals surface area (Å²) in [7, 11) is 2.14. The maximum absolute atomic E-state index is 4.60. The average Bonchev–Trinajstić information content (AvgIpc) is 3.38. The van der Waals surface area contributed by atoms with Gasteiger partial charge in [0.1, 0.15) is 11.6 Å². The molecule has 4 nitrogen and oxygen atoms in total. The highest BCUT2D eigenvalue weighted by Crippen LogP contribution is 2.38. The van der Waals surface area contributed by atoms with E-state index in [-0.39, 0.29) is 0 Å². The van der Waals surface area contributed by atoms with Crippen molar-refractivity contribution in [1.29, 1.82) is 0 Å². The Balaban J connectivity index is 1.61. The third-order valence-electron chi connectivity index (χ3n) is 4.07. The van der Waals surface area contributed by atoms with Gasteiger partial charge in [-0.3, -0.25) is 0 Å². The van der Waals surface area contributed by atoms with Crippen LogP contribution in [0.4, 0.5) is 5.82 Å². The molecular formula is C18H24N4. The number of nitrogens with one attached hydrogen (secondary N) is 1. The molecule has 0 saturated heterocycles. The molecule has 0 aliphatic heterocycles. The van der Waals surface area contributed by atoms with Crippen LogP contribution in [0.15, 0.2) is 36.5 Å². The second kappa shape index (κ2) is 6.88. The van der Waals surface area contributed by atoms with Gasteiger partial charge in [0.05, 0.1) is 0 Å². The fourth-order valence-electron chi connectivity index (χ4n) is 2.46. The van der Waals surface area contributed by atoms with E-state index >= 15 is 0 Å². The Morgan fingerprint density at radius 2 is 2.05 bits per heavy atom. The van der Waals surface area contributed by atoms with Crippen LogP contribution in [0.25, 0.3) is 0 Å². The monoisotopic (exact) mass is 296 g/mol. The van der Waals surface area contributed by atoms with Crippen LogP contribution in [0.5, 0.6) is 0 Å². The van der Waals surface area contributed by atoms with Crippen LogP contribution in [0.3, 0.4) is 0 Å². The predicted molar refractivity (Wildman–Crippen MR) is 89.8 cm³/mol. The van der Waals surface area contributed by atoms with E-state index in [4.69, 9.17) is 0 Å². The zero-order valence-corrected chi connectivity index (χ0v) is 13.4. The lowest BCUT2D eigenvalue weighted by molar-refractivity contribution is 0.345. The number of nitrogens with zero attached hydrogens (tertiary/aromatic N) is 3. The molecule has 1 heterocycles. The van der Waals surface area contributed by atoms with Gasteiger partial charge in [-0.2, -0.15) is 0 Å². The summed E-state index contributed by atoms with van der Waals surface area (Å²) in [6.07, 6.45) is 4.32. The standard InChI is InChI=1S/C18H24N4/c1-3-22(2)13-15-6-4-5-14(11-15)12-20-17-9-10-19-18(21-17)16-7-8-16/h4-6,9-11,16H,3,7-8,12-13H2,1-2H3,(H,19,20,21). The smallest absolute Gasteiger partial charge is 0.133 e. The van der Waals surface area contributed by atoms with E-state index in [2.05, 4.69) is 58.4 Å². The van der Waals surface area contributed by atoms with Crippen LogP contribution in [0.2, 0.25) is 0 Å². The highest BCUT2D eigenvalue weighted by Gasteiger charge is 2.26. The Labute approximate surface area is 132 Å². The quantitative estimate of drug-likeness (QED) is 0.850. The fourth-order valence-corrected chi connectivity index (χ4v) is 2.46. The molecule has 1 fully saturated rings. The lowest BCUT2D eigenvalue weighted by Crippen LogP contribution is -2.16. The van der Waals surface area contributed by atoms with Crippen LogP contribution in [-0.4, -0.2) is 28.5 Å². The number of rotatable bonds is 7. The van der Waals surface area contributed by atoms with Crippen LogP contribution in [0, 0.1) is 0 Å². The largest absolute Gasteiger partial charge is 0.366 e. The van der Waals surface area contributed by atoms with Crippen molar-refractivity contribution in [3.63, 3.8) is 0 Å². The third kappa shape index (κ3) is 4.04. The third-order valence-corrected chi connectivity index (χ3v) is 4.07. The minimum Gasteiger partial charge on any atom is -0.366 e. The Morgan fingerprint density at radius 3 is 2.82 bits per heavy atom. The van der Waals surface area contributed by atoms with E-state index in [0.717, 1.165) is 31.3 Å². The number of benzene rings is 1. The van der Waals surface area contributed by atoms with E-state index < -0.39 is 0 Å². The molecular weight excluding hydrogens is 272 g/mol. The lowest BCUT2D eigenvalue weighted by atomic mass is 10.1. The second-order valence-corrected chi connectivity index (χ2v) is 6.08. The van der Waals surface area contributed by atoms with E-state index in [1.165, 1.54) is 24.0 Å². The maximum Gasteiger partial charge on any atom is 0.133 e. The molecule has 4 heteroatoms. The van der Waals surface area contributed by atoms with Gasteiger partial charge in [-0.1, -0.05) is 31.2 Å². The molecule has 0 spiro atoms. The molecule has 1 N–H and O–H groups in total. The van der Waals surface area contributed by atoms with Crippen molar-refractivity contribution >= 4 is 5.82 Å². The van der Waals surface area contributed by atoms with Crippen molar-refractivity contribution in [3.8, 4) is 0 Å². The van der Waals surface area contributed by atoms with Crippen molar-refractivity contribution < 1.29 is 0 Å².